The number of methoxy groups -OCH3 is 1. The van der Waals surface area contributed by atoms with E-state index in [1.165, 1.54) is 44.8 Å². The number of amides is 2. The van der Waals surface area contributed by atoms with Gasteiger partial charge in [0, 0.05) is 31.1 Å². The maximum Gasteiger partial charge on any atom is 0.320 e. The van der Waals surface area contributed by atoms with Crippen molar-refractivity contribution in [2.24, 2.45) is 22.7 Å². The second-order valence-corrected chi connectivity index (χ2v) is 13.3. The van der Waals surface area contributed by atoms with Crippen LogP contribution >= 0.6 is 0 Å². The number of hydrogen-bond donors (Lipinski definition) is 1. The van der Waals surface area contributed by atoms with Crippen molar-refractivity contribution in [3.05, 3.63) is 23.4 Å². The number of nitrogens with zero attached hydrogens (tertiary/aromatic N) is 1. The molecule has 4 rings (SSSR count). The highest BCUT2D eigenvalue weighted by molar-refractivity contribution is 5.92. The maximum absolute atomic E-state index is 14.1. The van der Waals surface area contributed by atoms with Gasteiger partial charge in [-0.25, -0.2) is 0 Å². The van der Waals surface area contributed by atoms with E-state index < -0.39 is 23.4 Å². The predicted octanol–water partition coefficient (Wildman–Crippen LogP) is 5.69. The second-order valence-electron chi connectivity index (χ2n) is 13.3. The van der Waals surface area contributed by atoms with Crippen LogP contribution in [0.1, 0.15) is 105 Å². The summed E-state index contributed by atoms with van der Waals surface area (Å²) >= 11 is 0. The predicted molar refractivity (Wildman–Crippen MR) is 152 cm³/mol. The Kier molecular flexibility index (Phi) is 9.61. The number of fused-ring (bicyclic) bond motifs is 1. The van der Waals surface area contributed by atoms with Crippen molar-refractivity contribution in [3.8, 4) is 0 Å². The molecule has 4 aliphatic rings. The Morgan fingerprint density at radius 1 is 1.15 bits per heavy atom. The normalized spacial score (nSPS) is 30.2. The van der Waals surface area contributed by atoms with Crippen molar-refractivity contribution in [2.75, 3.05) is 20.2 Å². The lowest BCUT2D eigenvalue weighted by Gasteiger charge is -2.53. The number of nitrogens with one attached hydrogen (secondary N) is 1. The Morgan fingerprint density at radius 3 is 2.54 bits per heavy atom. The zero-order valence-electron chi connectivity index (χ0n) is 24.9. The highest BCUT2D eigenvalue weighted by atomic mass is 16.5. The van der Waals surface area contributed by atoms with Crippen LogP contribution in [0.5, 0.6) is 0 Å². The molecule has 2 heterocycles. The third kappa shape index (κ3) is 6.61. The Hall–Kier alpha value is -2.15. The zero-order chi connectivity index (χ0) is 28.2. The number of esters is 1. The van der Waals surface area contributed by atoms with Crippen LogP contribution in [0.2, 0.25) is 0 Å². The van der Waals surface area contributed by atoms with Crippen LogP contribution < -0.4 is 5.32 Å². The van der Waals surface area contributed by atoms with Gasteiger partial charge >= 0.3 is 5.97 Å². The first-order valence-corrected chi connectivity index (χ1v) is 15.3. The molecule has 7 heteroatoms. The standard InChI is InChI=1S/C32H50N2O5/c1-22-32(30(37)38-5)20-25(18-28(35)33-21-24-14-10-7-11-15-24)29(36)34(17-16-23-12-8-6-9-13-23)26(32)19-27(39-22)31(2,3)4/h12,19,22,24-25,27H,6-11,13-18,20-21H2,1-5H3,(H,33,35)/t22-,25+,27-,32+/m1/s1. The lowest BCUT2D eigenvalue weighted by molar-refractivity contribution is -0.180. The number of allylic oxidation sites excluding steroid dienone is 1. The average Bonchev–Trinajstić information content (AvgIpc) is 2.92. The van der Waals surface area contributed by atoms with Crippen LogP contribution in [0, 0.1) is 22.7 Å². The molecule has 0 spiro atoms. The minimum Gasteiger partial charge on any atom is -0.468 e. The number of carbonyl (C=O) groups is 3. The van der Waals surface area contributed by atoms with Gasteiger partial charge in [0.05, 0.1) is 19.3 Å². The molecule has 1 saturated heterocycles. The summed E-state index contributed by atoms with van der Waals surface area (Å²) in [5, 5.41) is 3.10. The van der Waals surface area contributed by atoms with Crippen LogP contribution in [-0.2, 0) is 23.9 Å². The Bertz CT molecular complexity index is 974. The molecule has 39 heavy (non-hydrogen) atoms. The van der Waals surface area contributed by atoms with Gasteiger partial charge in [0.25, 0.3) is 0 Å². The van der Waals surface area contributed by atoms with Gasteiger partial charge in [-0.05, 0) is 75.7 Å². The van der Waals surface area contributed by atoms with E-state index in [1.807, 2.05) is 17.9 Å². The fraction of sp³-hybridized carbons (Fsp3) is 0.781. The molecule has 1 N–H and O–H groups in total. The molecule has 0 aromatic rings. The van der Waals surface area contributed by atoms with Crippen molar-refractivity contribution in [1.29, 1.82) is 0 Å². The molecule has 0 aromatic heterocycles. The molecule has 2 aliphatic heterocycles. The van der Waals surface area contributed by atoms with Crippen molar-refractivity contribution in [1.82, 2.24) is 10.2 Å². The fourth-order valence-corrected chi connectivity index (χ4v) is 7.00. The molecule has 2 amide bonds. The van der Waals surface area contributed by atoms with E-state index in [0.717, 1.165) is 32.1 Å². The maximum atomic E-state index is 14.1. The summed E-state index contributed by atoms with van der Waals surface area (Å²) in [6, 6.07) is 0. The van der Waals surface area contributed by atoms with Crippen LogP contribution in [-0.4, -0.2) is 55.1 Å². The van der Waals surface area contributed by atoms with Crippen molar-refractivity contribution < 1.29 is 23.9 Å². The average molecular weight is 543 g/mol. The third-order valence-electron chi connectivity index (χ3n) is 9.47. The molecule has 1 saturated carbocycles. The number of hydrogen-bond acceptors (Lipinski definition) is 5. The highest BCUT2D eigenvalue weighted by Gasteiger charge is 2.60. The van der Waals surface area contributed by atoms with Crippen molar-refractivity contribution in [2.45, 2.75) is 117 Å². The molecule has 0 radical (unpaired) electrons. The third-order valence-corrected chi connectivity index (χ3v) is 9.47. The minimum absolute atomic E-state index is 0.0632. The molecule has 0 bridgehead atoms. The van der Waals surface area contributed by atoms with Crippen molar-refractivity contribution >= 4 is 17.8 Å². The first-order chi connectivity index (χ1) is 18.6. The topological polar surface area (TPSA) is 84.9 Å². The van der Waals surface area contributed by atoms with Gasteiger partial charge in [0.1, 0.15) is 5.41 Å². The van der Waals surface area contributed by atoms with Gasteiger partial charge in [-0.2, -0.15) is 0 Å². The summed E-state index contributed by atoms with van der Waals surface area (Å²) in [5.74, 6) is -0.659. The Balaban J connectivity index is 1.62. The van der Waals surface area contributed by atoms with Gasteiger partial charge in [-0.1, -0.05) is 51.7 Å². The lowest BCUT2D eigenvalue weighted by atomic mass is 9.65. The largest absolute Gasteiger partial charge is 0.468 e. The Morgan fingerprint density at radius 2 is 1.90 bits per heavy atom. The van der Waals surface area contributed by atoms with E-state index in [9.17, 15) is 14.4 Å². The first-order valence-electron chi connectivity index (χ1n) is 15.3. The molecule has 0 aromatic carbocycles. The quantitative estimate of drug-likeness (QED) is 0.315. The van der Waals surface area contributed by atoms with Gasteiger partial charge in [-0.3, -0.25) is 14.4 Å². The summed E-state index contributed by atoms with van der Waals surface area (Å²) in [6.45, 7) is 9.40. The SMILES string of the molecule is COC(=O)[C@]12C[C@H](CC(=O)NCC3CCCCC3)C(=O)N(CCC3=CCCCC3)C1=C[C@H](C(C)(C)C)O[C@@H]2C. The van der Waals surface area contributed by atoms with Crippen LogP contribution in [0.25, 0.3) is 0 Å². The summed E-state index contributed by atoms with van der Waals surface area (Å²) < 4.78 is 11.9. The van der Waals surface area contributed by atoms with E-state index in [0.29, 0.717) is 24.7 Å². The zero-order valence-corrected chi connectivity index (χ0v) is 24.9. The van der Waals surface area contributed by atoms with Gasteiger partial charge in [0.2, 0.25) is 11.8 Å². The molecule has 218 valence electrons. The summed E-state index contributed by atoms with van der Waals surface area (Å²) in [7, 11) is 1.40. The fourth-order valence-electron chi connectivity index (χ4n) is 7.00. The summed E-state index contributed by atoms with van der Waals surface area (Å²) in [4.78, 5) is 42.7. The van der Waals surface area contributed by atoms with Gasteiger partial charge in [0.15, 0.2) is 0 Å². The number of likely N-dealkylation sites (tertiary alicyclic amines) is 1. The first kappa shape index (κ1) is 29.8. The van der Waals surface area contributed by atoms with Gasteiger partial charge in [-0.15, -0.1) is 0 Å². The molecule has 0 unspecified atom stereocenters. The van der Waals surface area contributed by atoms with Gasteiger partial charge < -0.3 is 19.7 Å². The van der Waals surface area contributed by atoms with Crippen LogP contribution in [0.4, 0.5) is 0 Å². The summed E-state index contributed by atoms with van der Waals surface area (Å²) in [5.41, 5.74) is 0.742. The monoisotopic (exact) mass is 542 g/mol. The lowest BCUT2D eigenvalue weighted by Crippen LogP contribution is -2.61. The molecular weight excluding hydrogens is 492 g/mol. The number of piperidine rings is 1. The summed E-state index contributed by atoms with van der Waals surface area (Å²) in [6.07, 6.45) is 15.2. The molecular formula is C32H50N2O5. The molecule has 7 nitrogen and oxygen atoms in total. The van der Waals surface area contributed by atoms with E-state index in [2.05, 4.69) is 32.2 Å². The molecule has 2 fully saturated rings. The Labute approximate surface area is 235 Å². The number of carbonyl (C=O) groups excluding carboxylic acids is 3. The van der Waals surface area contributed by atoms with E-state index in [1.54, 1.807) is 0 Å². The van der Waals surface area contributed by atoms with Crippen LogP contribution in [0.15, 0.2) is 23.4 Å². The minimum atomic E-state index is -1.13. The van der Waals surface area contributed by atoms with E-state index in [4.69, 9.17) is 9.47 Å². The van der Waals surface area contributed by atoms with Crippen LogP contribution in [0.3, 0.4) is 0 Å². The van der Waals surface area contributed by atoms with E-state index in [-0.39, 0.29) is 36.2 Å². The number of ether oxygens (including phenoxy) is 2. The smallest absolute Gasteiger partial charge is 0.320 e. The van der Waals surface area contributed by atoms with E-state index >= 15 is 0 Å². The highest BCUT2D eigenvalue weighted by Crippen LogP contribution is 2.52. The number of rotatable bonds is 8. The second kappa shape index (κ2) is 12.6. The molecule has 4 atom stereocenters. The molecule has 2 aliphatic carbocycles. The van der Waals surface area contributed by atoms with Crippen molar-refractivity contribution in [3.63, 3.8) is 0 Å².